The van der Waals surface area contributed by atoms with Crippen LogP contribution in [0.3, 0.4) is 0 Å². The Hall–Kier alpha value is -3.83. The third-order valence-corrected chi connectivity index (χ3v) is 4.37. The maximum absolute atomic E-state index is 11.0. The number of imidazole rings is 1. The Morgan fingerprint density at radius 1 is 1.10 bits per heavy atom. The second kappa shape index (κ2) is 7.89. The molecule has 30 heavy (non-hydrogen) atoms. The second-order valence-electron chi connectivity index (χ2n) is 6.46. The summed E-state index contributed by atoms with van der Waals surface area (Å²) in [5.41, 5.74) is 8.86. The van der Waals surface area contributed by atoms with Crippen molar-refractivity contribution in [3.05, 3.63) is 54.4 Å². The lowest BCUT2D eigenvalue weighted by Crippen LogP contribution is -2.32. The summed E-state index contributed by atoms with van der Waals surface area (Å²) in [7, 11) is -1.73. The number of rotatable bonds is 5. The quantitative estimate of drug-likeness (QED) is 0.313. The summed E-state index contributed by atoms with van der Waals surface area (Å²) >= 11 is 0. The summed E-state index contributed by atoms with van der Waals surface area (Å²) < 4.78 is 6.72. The summed E-state index contributed by atoms with van der Waals surface area (Å²) in [6.07, 6.45) is 2.99. The molecule has 3 heterocycles. The van der Waals surface area contributed by atoms with Gasteiger partial charge in [-0.2, -0.15) is 0 Å². The maximum Gasteiger partial charge on any atom is 0.508 e. The molecule has 10 nitrogen and oxygen atoms in total. The van der Waals surface area contributed by atoms with Gasteiger partial charge in [-0.3, -0.25) is 9.36 Å². The van der Waals surface area contributed by atoms with Crippen LogP contribution in [0.2, 0.25) is 0 Å². The monoisotopic (exact) mass is 404 g/mol. The van der Waals surface area contributed by atoms with Crippen molar-refractivity contribution in [3.63, 3.8) is 0 Å². The summed E-state index contributed by atoms with van der Waals surface area (Å²) in [6.45, 7) is 1.51. The number of benzene rings is 1. The first-order valence-electron chi connectivity index (χ1n) is 8.99. The van der Waals surface area contributed by atoms with Gasteiger partial charge in [0.05, 0.1) is 5.59 Å². The van der Waals surface area contributed by atoms with Gasteiger partial charge in [-0.25, -0.2) is 19.9 Å². The van der Waals surface area contributed by atoms with Crippen molar-refractivity contribution in [2.45, 2.75) is 13.5 Å². The number of pyridine rings is 1. The maximum atomic E-state index is 11.0. The molecule has 0 spiro atoms. The molecule has 4 aromatic rings. The first kappa shape index (κ1) is 19.5. The van der Waals surface area contributed by atoms with E-state index in [1.54, 1.807) is 34.9 Å². The van der Waals surface area contributed by atoms with Gasteiger partial charge in [-0.05, 0) is 29.8 Å². The Kier molecular flexibility index (Phi) is 5.13. The van der Waals surface area contributed by atoms with Gasteiger partial charge in [-0.15, -0.1) is 0 Å². The van der Waals surface area contributed by atoms with Crippen LogP contribution < -0.4 is 11.3 Å². The molecule has 0 radical (unpaired) electrons. The van der Waals surface area contributed by atoms with E-state index in [0.717, 1.165) is 5.56 Å². The van der Waals surface area contributed by atoms with Crippen LogP contribution in [-0.2, 0) is 16.1 Å². The predicted octanol–water partition coefficient (Wildman–Crippen LogP) is 0.203. The number of anilines is 1. The number of nitrogens with zero attached hydrogens (tertiary/aromatic N) is 5. The molecule has 150 valence electrons. The molecule has 0 aliphatic heterocycles. The minimum atomic E-state index is -1.73. The Labute approximate surface area is 171 Å². The van der Waals surface area contributed by atoms with Crippen molar-refractivity contribution >= 4 is 35.7 Å². The molecule has 4 rings (SSSR count). The molecule has 4 N–H and O–H groups in total. The minimum Gasteiger partial charge on any atom is -0.461 e. The number of nitrogen functional groups attached to an aromatic ring is 1. The third-order valence-electron chi connectivity index (χ3n) is 4.37. The second-order valence-corrected chi connectivity index (χ2v) is 6.46. The summed E-state index contributed by atoms with van der Waals surface area (Å²) in [6, 6.07) is 10.3. The molecule has 0 atom stereocenters. The molecule has 0 fully saturated rings. The molecule has 11 heteroatoms. The van der Waals surface area contributed by atoms with E-state index in [-0.39, 0.29) is 24.0 Å². The highest BCUT2D eigenvalue weighted by Gasteiger charge is 2.21. The molecule has 0 aliphatic carbocycles. The fourth-order valence-electron chi connectivity index (χ4n) is 2.97. The SMILES string of the molecule is CC(=O)OCc1ccc(-n2c(-c3nccnc3N)nc3ccc(B(O)O)nc32)cc1. The Morgan fingerprint density at radius 3 is 2.50 bits per heavy atom. The third kappa shape index (κ3) is 3.71. The van der Waals surface area contributed by atoms with E-state index >= 15 is 0 Å². The fourth-order valence-corrected chi connectivity index (χ4v) is 2.97. The number of ether oxygens (including phenoxy) is 1. The topological polar surface area (TPSA) is 149 Å². The van der Waals surface area contributed by atoms with E-state index in [9.17, 15) is 14.8 Å². The van der Waals surface area contributed by atoms with Gasteiger partial charge in [0.25, 0.3) is 0 Å². The normalized spacial score (nSPS) is 10.9. The summed E-state index contributed by atoms with van der Waals surface area (Å²) in [4.78, 5) is 28.3. The average Bonchev–Trinajstić information content (AvgIpc) is 3.11. The number of nitrogens with two attached hydrogens (primary N) is 1. The van der Waals surface area contributed by atoms with Gasteiger partial charge in [0.2, 0.25) is 0 Å². The summed E-state index contributed by atoms with van der Waals surface area (Å²) in [5.74, 6) is 0.239. The van der Waals surface area contributed by atoms with Crippen LogP contribution >= 0.6 is 0 Å². The highest BCUT2D eigenvalue weighted by Crippen LogP contribution is 2.28. The minimum absolute atomic E-state index is 0.0776. The molecule has 3 aromatic heterocycles. The van der Waals surface area contributed by atoms with Crippen LogP contribution in [0.5, 0.6) is 0 Å². The number of esters is 1. The van der Waals surface area contributed by atoms with Crippen LogP contribution in [0.15, 0.2) is 48.8 Å². The Balaban J connectivity index is 1.89. The average molecular weight is 404 g/mol. The zero-order valence-electron chi connectivity index (χ0n) is 15.9. The van der Waals surface area contributed by atoms with E-state index in [0.29, 0.717) is 28.4 Å². The van der Waals surface area contributed by atoms with Crippen molar-refractivity contribution in [2.75, 3.05) is 5.73 Å². The molecule has 0 unspecified atom stereocenters. The molecule has 0 aliphatic rings. The number of carbonyl (C=O) groups is 1. The lowest BCUT2D eigenvalue weighted by Gasteiger charge is -2.11. The molecular formula is C19H17BN6O4. The van der Waals surface area contributed by atoms with Crippen LogP contribution in [0, 0.1) is 0 Å². The highest BCUT2D eigenvalue weighted by atomic mass is 16.5. The van der Waals surface area contributed by atoms with Crippen LogP contribution in [0.1, 0.15) is 12.5 Å². The first-order chi connectivity index (χ1) is 14.4. The van der Waals surface area contributed by atoms with E-state index in [2.05, 4.69) is 19.9 Å². The van der Waals surface area contributed by atoms with Crippen molar-refractivity contribution < 1.29 is 19.6 Å². The van der Waals surface area contributed by atoms with Crippen LogP contribution in [-0.4, -0.2) is 47.6 Å². The molecular weight excluding hydrogens is 387 g/mol. The summed E-state index contributed by atoms with van der Waals surface area (Å²) in [5, 5.41) is 19.1. The zero-order chi connectivity index (χ0) is 21.3. The molecule has 0 saturated heterocycles. The molecule has 1 aromatic carbocycles. The lowest BCUT2D eigenvalue weighted by atomic mass is 9.86. The smallest absolute Gasteiger partial charge is 0.461 e. The van der Waals surface area contributed by atoms with E-state index in [1.165, 1.54) is 25.4 Å². The van der Waals surface area contributed by atoms with Crippen molar-refractivity contribution in [1.29, 1.82) is 0 Å². The number of fused-ring (bicyclic) bond motifs is 1. The molecule has 0 bridgehead atoms. The van der Waals surface area contributed by atoms with E-state index < -0.39 is 7.12 Å². The number of hydrogen-bond acceptors (Lipinski definition) is 9. The van der Waals surface area contributed by atoms with Gasteiger partial charge in [0.15, 0.2) is 17.3 Å². The van der Waals surface area contributed by atoms with Gasteiger partial charge in [0, 0.05) is 25.0 Å². The van der Waals surface area contributed by atoms with Crippen molar-refractivity contribution in [1.82, 2.24) is 24.5 Å². The van der Waals surface area contributed by atoms with Crippen LogP contribution in [0.25, 0.3) is 28.4 Å². The lowest BCUT2D eigenvalue weighted by molar-refractivity contribution is -0.142. The van der Waals surface area contributed by atoms with Crippen LogP contribution in [0.4, 0.5) is 5.82 Å². The van der Waals surface area contributed by atoms with Gasteiger partial charge >= 0.3 is 13.1 Å². The number of carbonyl (C=O) groups excluding carboxylic acids is 1. The van der Waals surface area contributed by atoms with Crippen molar-refractivity contribution in [3.8, 4) is 17.2 Å². The van der Waals surface area contributed by atoms with Gasteiger partial charge in [-0.1, -0.05) is 12.1 Å². The highest BCUT2D eigenvalue weighted by molar-refractivity contribution is 6.57. The largest absolute Gasteiger partial charge is 0.508 e. The standard InChI is InChI=1S/C19H17BN6O4/c1-11(27)30-10-12-2-4-13(5-3-12)26-18-14(6-7-15(25-18)20(28)29)24-19(26)16-17(21)23-9-8-22-16/h2-9,28-29H,10H2,1H3,(H2,21,23). The molecule has 0 saturated carbocycles. The van der Waals surface area contributed by atoms with E-state index in [4.69, 9.17) is 10.5 Å². The molecule has 0 amide bonds. The predicted molar refractivity (Wildman–Crippen MR) is 110 cm³/mol. The first-order valence-corrected chi connectivity index (χ1v) is 8.99. The van der Waals surface area contributed by atoms with Gasteiger partial charge in [0.1, 0.15) is 17.8 Å². The fraction of sp³-hybridized carbons (Fsp3) is 0.105. The Bertz CT molecular complexity index is 1230. The number of hydrogen-bond donors (Lipinski definition) is 3. The van der Waals surface area contributed by atoms with Crippen molar-refractivity contribution in [2.24, 2.45) is 0 Å². The van der Waals surface area contributed by atoms with E-state index in [1.807, 2.05) is 0 Å². The Morgan fingerprint density at radius 2 is 1.83 bits per heavy atom. The van der Waals surface area contributed by atoms with Gasteiger partial charge < -0.3 is 20.5 Å². The number of aromatic nitrogens is 5. The zero-order valence-corrected chi connectivity index (χ0v) is 15.9.